The number of anilines is 1. The maximum absolute atomic E-state index is 12.3. The predicted molar refractivity (Wildman–Crippen MR) is 147 cm³/mol. The third-order valence-electron chi connectivity index (χ3n) is 7.39. The Morgan fingerprint density at radius 2 is 2.03 bits per heavy atom. The van der Waals surface area contributed by atoms with Gasteiger partial charge in [-0.05, 0) is 74.8 Å². The number of nitrogens with one attached hydrogen (secondary N) is 1. The van der Waals surface area contributed by atoms with E-state index >= 15 is 0 Å². The number of thiazole rings is 1. The highest BCUT2D eigenvalue weighted by atomic mass is 32.1. The molecule has 2 saturated carbocycles. The highest BCUT2D eigenvalue weighted by molar-refractivity contribution is 7.09. The molecule has 1 atom stereocenters. The van der Waals surface area contributed by atoms with Crippen LogP contribution < -0.4 is 10.1 Å². The van der Waals surface area contributed by atoms with Gasteiger partial charge in [0, 0.05) is 34.8 Å². The first-order chi connectivity index (χ1) is 18.1. The van der Waals surface area contributed by atoms with Gasteiger partial charge in [-0.25, -0.2) is 9.78 Å². The van der Waals surface area contributed by atoms with Crippen molar-refractivity contribution in [2.75, 3.05) is 5.32 Å². The molecule has 1 unspecified atom stereocenters. The van der Waals surface area contributed by atoms with Gasteiger partial charge in [0.15, 0.2) is 0 Å². The lowest BCUT2D eigenvalue weighted by Crippen LogP contribution is -2.21. The molecule has 0 aliphatic heterocycles. The van der Waals surface area contributed by atoms with E-state index in [1.165, 1.54) is 6.42 Å². The zero-order valence-corrected chi connectivity index (χ0v) is 21.6. The second-order valence-electron chi connectivity index (χ2n) is 9.87. The molecule has 2 heterocycles. The molecule has 0 saturated heterocycles. The van der Waals surface area contributed by atoms with Crippen molar-refractivity contribution in [1.82, 2.24) is 9.55 Å². The van der Waals surface area contributed by atoms with E-state index in [4.69, 9.17) is 15.9 Å². The second kappa shape index (κ2) is 9.95. The van der Waals surface area contributed by atoms with Crippen LogP contribution in [0.25, 0.3) is 22.2 Å². The Bertz CT molecular complexity index is 1460. The number of hydrogen-bond donors (Lipinski definition) is 1. The first kappa shape index (κ1) is 23.6. The van der Waals surface area contributed by atoms with Crippen LogP contribution in [0.2, 0.25) is 0 Å². The molecular weight excluding hydrogens is 482 g/mol. The molecule has 7 heteroatoms. The molecule has 6 rings (SSSR count). The molecule has 2 aromatic carbocycles. The van der Waals surface area contributed by atoms with Crippen LogP contribution in [0.1, 0.15) is 55.6 Å². The highest BCUT2D eigenvalue weighted by Gasteiger charge is 2.31. The minimum Gasteiger partial charge on any atom is -0.486 e. The normalized spacial score (nSPS) is 16.1. The quantitative estimate of drug-likeness (QED) is 0.250. The zero-order valence-electron chi connectivity index (χ0n) is 20.8. The number of fused-ring (bicyclic) bond motifs is 1. The Labute approximate surface area is 220 Å². The van der Waals surface area contributed by atoms with Crippen LogP contribution in [0.4, 0.5) is 10.5 Å². The van der Waals surface area contributed by atoms with Gasteiger partial charge < -0.3 is 14.0 Å². The van der Waals surface area contributed by atoms with Gasteiger partial charge in [0.2, 0.25) is 0 Å². The molecule has 0 spiro atoms. The van der Waals surface area contributed by atoms with E-state index in [-0.39, 0.29) is 6.10 Å². The summed E-state index contributed by atoms with van der Waals surface area (Å²) in [7, 11) is 0. The topological polar surface area (TPSA) is 65.4 Å². The number of aromatic nitrogens is 2. The van der Waals surface area contributed by atoms with E-state index in [0.717, 1.165) is 64.2 Å². The Balaban J connectivity index is 1.30. The Morgan fingerprint density at radius 3 is 2.68 bits per heavy atom. The van der Waals surface area contributed by atoms with Gasteiger partial charge in [0.25, 0.3) is 0 Å². The fourth-order valence-electron chi connectivity index (χ4n) is 4.99. The maximum atomic E-state index is 12.3. The van der Waals surface area contributed by atoms with E-state index in [1.807, 2.05) is 42.6 Å². The molecule has 2 aliphatic carbocycles. The van der Waals surface area contributed by atoms with Crippen molar-refractivity contribution < 1.29 is 14.3 Å². The molecular formula is C30H29N3O3S. The number of carbonyl (C=O) groups excluding carboxylic acids is 1. The van der Waals surface area contributed by atoms with Crippen molar-refractivity contribution in [3.05, 3.63) is 64.6 Å². The maximum Gasteiger partial charge on any atom is 0.411 e. The van der Waals surface area contributed by atoms with E-state index in [1.54, 1.807) is 17.5 Å². The van der Waals surface area contributed by atoms with E-state index in [2.05, 4.69) is 32.9 Å². The number of carbonyl (C=O) groups is 1. The summed E-state index contributed by atoms with van der Waals surface area (Å²) in [6.07, 6.45) is 13.1. The molecule has 1 N–H and O–H groups in total. The van der Waals surface area contributed by atoms with Crippen molar-refractivity contribution >= 4 is 34.0 Å². The number of nitrogens with zero attached hydrogens (tertiary/aromatic N) is 2. The summed E-state index contributed by atoms with van der Waals surface area (Å²) in [5, 5.41) is 6.80. The molecule has 0 bridgehead atoms. The Kier molecular flexibility index (Phi) is 6.35. The largest absolute Gasteiger partial charge is 0.486 e. The highest BCUT2D eigenvalue weighted by Crippen LogP contribution is 2.43. The van der Waals surface area contributed by atoms with Crippen molar-refractivity contribution in [2.45, 2.75) is 57.8 Å². The Morgan fingerprint density at radius 1 is 1.22 bits per heavy atom. The van der Waals surface area contributed by atoms with Gasteiger partial charge in [-0.15, -0.1) is 17.8 Å². The summed E-state index contributed by atoms with van der Waals surface area (Å²) in [6, 6.07) is 14.4. The van der Waals surface area contributed by atoms with Crippen LogP contribution in [-0.2, 0) is 11.3 Å². The van der Waals surface area contributed by atoms with Gasteiger partial charge in [0.1, 0.15) is 23.5 Å². The first-order valence-corrected chi connectivity index (χ1v) is 13.7. The summed E-state index contributed by atoms with van der Waals surface area (Å²) in [4.78, 5) is 16.6. The lowest BCUT2D eigenvalue weighted by molar-refractivity contribution is 0.108. The average molecular weight is 512 g/mol. The molecule has 2 aromatic heterocycles. The van der Waals surface area contributed by atoms with Crippen LogP contribution in [0.3, 0.4) is 0 Å². The third kappa shape index (κ3) is 4.82. The van der Waals surface area contributed by atoms with Crippen molar-refractivity contribution in [3.8, 4) is 29.4 Å². The van der Waals surface area contributed by atoms with E-state index in [0.29, 0.717) is 24.3 Å². The smallest absolute Gasteiger partial charge is 0.411 e. The summed E-state index contributed by atoms with van der Waals surface area (Å²) >= 11 is 1.58. The second-order valence-corrected chi connectivity index (χ2v) is 10.8. The van der Waals surface area contributed by atoms with E-state index < -0.39 is 6.09 Å². The third-order valence-corrected chi connectivity index (χ3v) is 8.14. The summed E-state index contributed by atoms with van der Waals surface area (Å²) in [5.41, 5.74) is 4.72. The molecule has 37 heavy (non-hydrogen) atoms. The molecule has 2 aliphatic rings. The monoisotopic (exact) mass is 511 g/mol. The van der Waals surface area contributed by atoms with E-state index in [9.17, 15) is 4.79 Å². The van der Waals surface area contributed by atoms with Gasteiger partial charge in [0.05, 0.1) is 16.8 Å². The zero-order chi connectivity index (χ0) is 25.4. The average Bonchev–Trinajstić information content (AvgIpc) is 3.51. The van der Waals surface area contributed by atoms with Crippen LogP contribution in [-0.4, -0.2) is 21.7 Å². The van der Waals surface area contributed by atoms with Crippen LogP contribution in [0.5, 0.6) is 5.75 Å². The van der Waals surface area contributed by atoms with Gasteiger partial charge >= 0.3 is 6.09 Å². The van der Waals surface area contributed by atoms with Crippen molar-refractivity contribution in [2.24, 2.45) is 5.92 Å². The number of amides is 1. The van der Waals surface area contributed by atoms with Gasteiger partial charge in [-0.2, -0.15) is 0 Å². The fraction of sp³-hybridized carbons (Fsp3) is 0.333. The number of ether oxygens (including phenoxy) is 2. The predicted octanol–water partition coefficient (Wildman–Crippen LogP) is 7.40. The molecule has 0 radical (unpaired) electrons. The van der Waals surface area contributed by atoms with Gasteiger partial charge in [-0.1, -0.05) is 18.1 Å². The molecule has 6 nitrogen and oxygen atoms in total. The Hall–Kier alpha value is -3.76. The minimum absolute atomic E-state index is 0.0499. The summed E-state index contributed by atoms with van der Waals surface area (Å²) < 4.78 is 14.0. The number of hydrogen-bond acceptors (Lipinski definition) is 5. The SMILES string of the molecule is C#Cc1c(-c2ccc(NC(=O)OC(C)C3CC3)cc2)n(C2CCC2)c2cc(OCc3nccs3)ccc12. The molecule has 2 fully saturated rings. The molecule has 188 valence electrons. The minimum atomic E-state index is -0.412. The van der Waals surface area contributed by atoms with Gasteiger partial charge in [-0.3, -0.25) is 5.32 Å². The number of benzene rings is 2. The van der Waals surface area contributed by atoms with Crippen LogP contribution >= 0.6 is 11.3 Å². The first-order valence-electron chi connectivity index (χ1n) is 12.8. The number of terminal acetylenes is 1. The lowest BCUT2D eigenvalue weighted by atomic mass is 9.92. The summed E-state index contributed by atoms with van der Waals surface area (Å²) in [6.45, 7) is 2.40. The molecule has 1 amide bonds. The van der Waals surface area contributed by atoms with Crippen LogP contribution in [0, 0.1) is 18.3 Å². The van der Waals surface area contributed by atoms with Crippen molar-refractivity contribution in [1.29, 1.82) is 0 Å². The molecule has 4 aromatic rings. The lowest BCUT2D eigenvalue weighted by Gasteiger charge is -2.30. The number of rotatable bonds is 8. The van der Waals surface area contributed by atoms with Crippen molar-refractivity contribution in [3.63, 3.8) is 0 Å². The standard InChI is InChI=1S/C30H29N3O3S/c1-3-25-26-14-13-24(35-18-28-31-15-16-37-28)17-27(26)33(23-5-4-6-23)29(25)21-9-11-22(12-10-21)32-30(34)36-19(2)20-7-8-20/h1,9-17,19-20,23H,4-8,18H2,2H3,(H,32,34). The fourth-order valence-corrected chi connectivity index (χ4v) is 5.52. The summed E-state index contributed by atoms with van der Waals surface area (Å²) in [5.74, 6) is 4.26. The van der Waals surface area contributed by atoms with Crippen LogP contribution in [0.15, 0.2) is 54.0 Å².